The predicted molar refractivity (Wildman–Crippen MR) is 75.6 cm³/mol. The smallest absolute Gasteiger partial charge is 0.0995 e. The van der Waals surface area contributed by atoms with E-state index in [0.29, 0.717) is 6.04 Å². The van der Waals surface area contributed by atoms with Gasteiger partial charge in [0, 0.05) is 24.7 Å². The fourth-order valence-corrected chi connectivity index (χ4v) is 3.55. The number of rotatable bonds is 3. The number of nitrogens with one attached hydrogen (secondary N) is 1. The van der Waals surface area contributed by atoms with E-state index in [1.165, 1.54) is 25.7 Å². The molecule has 2 bridgehead atoms. The molecule has 0 saturated carbocycles. The summed E-state index contributed by atoms with van der Waals surface area (Å²) in [5.74, 6) is 0. The summed E-state index contributed by atoms with van der Waals surface area (Å²) in [5.41, 5.74) is 1.96. The summed E-state index contributed by atoms with van der Waals surface area (Å²) in [5, 5.41) is 12.8. The Bertz CT molecular complexity index is 479. The zero-order chi connectivity index (χ0) is 13.2. The molecule has 100 valence electrons. The van der Waals surface area contributed by atoms with Gasteiger partial charge in [-0.05, 0) is 44.4 Å². The van der Waals surface area contributed by atoms with Gasteiger partial charge in [-0.15, -0.1) is 0 Å². The Hall–Kier alpha value is -1.37. The molecule has 2 heterocycles. The van der Waals surface area contributed by atoms with Crippen LogP contribution in [-0.2, 0) is 6.54 Å². The maximum absolute atomic E-state index is 9.16. The van der Waals surface area contributed by atoms with Crippen molar-refractivity contribution >= 4 is 0 Å². The second-order valence-corrected chi connectivity index (χ2v) is 5.95. The Morgan fingerprint density at radius 2 is 1.95 bits per heavy atom. The van der Waals surface area contributed by atoms with Crippen LogP contribution in [0.4, 0.5) is 0 Å². The van der Waals surface area contributed by atoms with Gasteiger partial charge in [0.25, 0.3) is 0 Å². The molecule has 0 aliphatic carbocycles. The highest BCUT2D eigenvalue weighted by molar-refractivity contribution is 5.37. The van der Waals surface area contributed by atoms with Crippen molar-refractivity contribution in [3.05, 3.63) is 35.4 Å². The zero-order valence-electron chi connectivity index (χ0n) is 11.5. The monoisotopic (exact) mass is 255 g/mol. The van der Waals surface area contributed by atoms with Crippen LogP contribution in [0.3, 0.4) is 0 Å². The van der Waals surface area contributed by atoms with Crippen LogP contribution in [0.1, 0.15) is 36.8 Å². The van der Waals surface area contributed by atoms with Crippen molar-refractivity contribution in [3.8, 4) is 6.07 Å². The van der Waals surface area contributed by atoms with E-state index in [1.54, 1.807) is 0 Å². The molecule has 0 amide bonds. The molecule has 3 heteroatoms. The maximum atomic E-state index is 9.16. The third kappa shape index (κ3) is 2.65. The maximum Gasteiger partial charge on any atom is 0.0995 e. The number of hydrogen-bond donors (Lipinski definition) is 1. The molecular weight excluding hydrogens is 234 g/mol. The first-order chi connectivity index (χ1) is 9.26. The summed E-state index contributed by atoms with van der Waals surface area (Å²) >= 11 is 0. The van der Waals surface area contributed by atoms with Crippen LogP contribution in [0, 0.1) is 11.3 Å². The highest BCUT2D eigenvalue weighted by atomic mass is 15.2. The molecule has 1 aromatic carbocycles. The second-order valence-electron chi connectivity index (χ2n) is 5.95. The van der Waals surface area contributed by atoms with Gasteiger partial charge in [0.2, 0.25) is 0 Å². The summed E-state index contributed by atoms with van der Waals surface area (Å²) in [6.07, 6.45) is 5.18. The highest BCUT2D eigenvalue weighted by Crippen LogP contribution is 2.30. The Morgan fingerprint density at radius 3 is 2.63 bits per heavy atom. The molecule has 1 N–H and O–H groups in total. The molecule has 0 aromatic heterocycles. The van der Waals surface area contributed by atoms with E-state index in [-0.39, 0.29) is 0 Å². The molecular formula is C16H21N3. The van der Waals surface area contributed by atoms with E-state index in [1.807, 2.05) is 18.2 Å². The first-order valence-electron chi connectivity index (χ1n) is 7.20. The fraction of sp³-hybridized carbons (Fsp3) is 0.562. The van der Waals surface area contributed by atoms with Crippen LogP contribution in [0.5, 0.6) is 0 Å². The highest BCUT2D eigenvalue weighted by Gasteiger charge is 2.34. The number of nitrogens with zero attached hydrogens (tertiary/aromatic N) is 2. The lowest BCUT2D eigenvalue weighted by atomic mass is 9.97. The SMILES string of the molecule is CN(Cc1ccccc1C#N)C1CC2CCC(C1)N2. The summed E-state index contributed by atoms with van der Waals surface area (Å²) in [4.78, 5) is 2.43. The van der Waals surface area contributed by atoms with Crippen molar-refractivity contribution in [2.45, 2.75) is 50.4 Å². The summed E-state index contributed by atoms with van der Waals surface area (Å²) in [6, 6.07) is 12.3. The molecule has 2 aliphatic rings. The lowest BCUT2D eigenvalue weighted by Gasteiger charge is -2.35. The zero-order valence-corrected chi connectivity index (χ0v) is 11.5. The molecule has 0 spiro atoms. The molecule has 3 nitrogen and oxygen atoms in total. The lowest BCUT2D eigenvalue weighted by molar-refractivity contribution is 0.166. The minimum Gasteiger partial charge on any atom is -0.311 e. The van der Waals surface area contributed by atoms with Gasteiger partial charge in [0.15, 0.2) is 0 Å². The lowest BCUT2D eigenvalue weighted by Crippen LogP contribution is -2.46. The van der Waals surface area contributed by atoms with Crippen molar-refractivity contribution in [1.29, 1.82) is 5.26 Å². The van der Waals surface area contributed by atoms with Gasteiger partial charge in [-0.3, -0.25) is 4.90 Å². The average molecular weight is 255 g/mol. The van der Waals surface area contributed by atoms with E-state index in [2.05, 4.69) is 29.4 Å². The van der Waals surface area contributed by atoms with Crippen LogP contribution in [0.2, 0.25) is 0 Å². The minimum atomic E-state index is 0.658. The van der Waals surface area contributed by atoms with Crippen LogP contribution >= 0.6 is 0 Å². The molecule has 2 aliphatic heterocycles. The van der Waals surface area contributed by atoms with Gasteiger partial charge in [0.05, 0.1) is 11.6 Å². The van der Waals surface area contributed by atoms with Crippen molar-refractivity contribution in [1.82, 2.24) is 10.2 Å². The number of fused-ring (bicyclic) bond motifs is 2. The third-order valence-electron chi connectivity index (χ3n) is 4.63. The Morgan fingerprint density at radius 1 is 1.26 bits per heavy atom. The predicted octanol–water partition coefficient (Wildman–Crippen LogP) is 2.27. The molecule has 2 fully saturated rings. The van der Waals surface area contributed by atoms with Gasteiger partial charge in [-0.25, -0.2) is 0 Å². The van der Waals surface area contributed by atoms with Gasteiger partial charge in [0.1, 0.15) is 0 Å². The number of hydrogen-bond acceptors (Lipinski definition) is 3. The molecule has 3 rings (SSSR count). The standard InChI is InChI=1S/C16H21N3/c1-19(11-13-5-3-2-4-12(13)10-17)16-8-14-6-7-15(9-16)18-14/h2-5,14-16,18H,6-9,11H2,1H3. The van der Waals surface area contributed by atoms with E-state index >= 15 is 0 Å². The second kappa shape index (κ2) is 5.32. The molecule has 2 unspecified atom stereocenters. The molecule has 0 radical (unpaired) electrons. The van der Waals surface area contributed by atoms with E-state index < -0.39 is 0 Å². The Labute approximate surface area is 115 Å². The molecule has 2 saturated heterocycles. The van der Waals surface area contributed by atoms with Gasteiger partial charge in [-0.1, -0.05) is 18.2 Å². The third-order valence-corrected chi connectivity index (χ3v) is 4.63. The first kappa shape index (κ1) is 12.7. The van der Waals surface area contributed by atoms with E-state index in [4.69, 9.17) is 5.26 Å². The van der Waals surface area contributed by atoms with Crippen LogP contribution in [0.25, 0.3) is 0 Å². The number of benzene rings is 1. The largest absolute Gasteiger partial charge is 0.311 e. The average Bonchev–Trinajstić information content (AvgIpc) is 2.78. The number of piperidine rings is 1. The summed E-state index contributed by atoms with van der Waals surface area (Å²) in [6.45, 7) is 0.883. The van der Waals surface area contributed by atoms with Crippen molar-refractivity contribution in [2.75, 3.05) is 7.05 Å². The van der Waals surface area contributed by atoms with E-state index in [0.717, 1.165) is 29.8 Å². The molecule has 2 atom stereocenters. The van der Waals surface area contributed by atoms with Gasteiger partial charge >= 0.3 is 0 Å². The summed E-state index contributed by atoms with van der Waals surface area (Å²) in [7, 11) is 2.20. The van der Waals surface area contributed by atoms with Crippen molar-refractivity contribution < 1.29 is 0 Å². The van der Waals surface area contributed by atoms with Gasteiger partial charge in [-0.2, -0.15) is 5.26 Å². The normalized spacial score (nSPS) is 29.4. The number of nitriles is 1. The van der Waals surface area contributed by atoms with Crippen molar-refractivity contribution in [3.63, 3.8) is 0 Å². The quantitative estimate of drug-likeness (QED) is 0.900. The minimum absolute atomic E-state index is 0.658. The van der Waals surface area contributed by atoms with Gasteiger partial charge < -0.3 is 5.32 Å². The van der Waals surface area contributed by atoms with Crippen LogP contribution in [-0.4, -0.2) is 30.1 Å². The first-order valence-corrected chi connectivity index (χ1v) is 7.20. The molecule has 19 heavy (non-hydrogen) atoms. The van der Waals surface area contributed by atoms with Crippen molar-refractivity contribution in [2.24, 2.45) is 0 Å². The Balaban J connectivity index is 1.68. The fourth-order valence-electron chi connectivity index (χ4n) is 3.55. The molecule has 1 aromatic rings. The topological polar surface area (TPSA) is 39.1 Å². The Kier molecular flexibility index (Phi) is 3.54. The summed E-state index contributed by atoms with van der Waals surface area (Å²) < 4.78 is 0. The van der Waals surface area contributed by atoms with E-state index in [9.17, 15) is 0 Å². The van der Waals surface area contributed by atoms with Crippen LogP contribution in [0.15, 0.2) is 24.3 Å². The van der Waals surface area contributed by atoms with Crippen LogP contribution < -0.4 is 5.32 Å².